The van der Waals surface area contributed by atoms with Gasteiger partial charge in [0.05, 0.1) is 17.6 Å². The van der Waals surface area contributed by atoms with Crippen LogP contribution in [-0.2, 0) is 0 Å². The van der Waals surface area contributed by atoms with E-state index < -0.39 is 31.0 Å². The lowest BCUT2D eigenvalue weighted by atomic mass is 10.0. The highest BCUT2D eigenvalue weighted by atomic mass is 16.4. The minimum atomic E-state index is -1.67. The Morgan fingerprint density at radius 1 is 1.05 bits per heavy atom. The number of benzene rings is 1. The average molecular weight is 268 g/mol. The van der Waals surface area contributed by atoms with Crippen molar-refractivity contribution in [2.45, 2.75) is 24.4 Å². The highest BCUT2D eigenvalue weighted by molar-refractivity contribution is 5.74. The molecule has 1 aromatic carbocycles. The van der Waals surface area contributed by atoms with E-state index in [0.717, 1.165) is 0 Å². The fourth-order valence-corrected chi connectivity index (χ4v) is 1.80. The third kappa shape index (κ3) is 2.75. The lowest BCUT2D eigenvalue weighted by Gasteiger charge is -2.24. The maximum atomic E-state index is 9.91. The Balaban J connectivity index is 2.20. The van der Waals surface area contributed by atoms with Crippen LogP contribution < -0.4 is 0 Å². The summed E-state index contributed by atoms with van der Waals surface area (Å²) in [6, 6.07) is 7.05. The summed E-state index contributed by atoms with van der Waals surface area (Å²) in [6.45, 7) is -0.717. The summed E-state index contributed by atoms with van der Waals surface area (Å²) in [4.78, 5) is 6.89. The summed E-state index contributed by atoms with van der Waals surface area (Å²) >= 11 is 0. The monoisotopic (exact) mass is 268 g/mol. The van der Waals surface area contributed by atoms with E-state index >= 15 is 0 Å². The molecule has 0 aliphatic heterocycles. The molecule has 2 rings (SSSR count). The molecule has 1 aromatic heterocycles. The van der Waals surface area contributed by atoms with Crippen LogP contribution in [0.4, 0.5) is 0 Å². The number of hydrogen-bond donors (Lipinski definition) is 6. The lowest BCUT2D eigenvalue weighted by Crippen LogP contribution is -2.42. The fourth-order valence-electron chi connectivity index (χ4n) is 1.80. The van der Waals surface area contributed by atoms with Crippen LogP contribution in [0.15, 0.2) is 24.3 Å². The first-order chi connectivity index (χ1) is 9.04. The van der Waals surface area contributed by atoms with Crippen molar-refractivity contribution in [2.75, 3.05) is 6.61 Å². The van der Waals surface area contributed by atoms with E-state index in [-0.39, 0.29) is 5.82 Å². The number of aliphatic hydroxyl groups excluding tert-OH is 5. The molecule has 0 aliphatic rings. The Labute approximate surface area is 108 Å². The van der Waals surface area contributed by atoms with Gasteiger partial charge < -0.3 is 30.5 Å². The van der Waals surface area contributed by atoms with Crippen molar-refractivity contribution in [3.8, 4) is 0 Å². The van der Waals surface area contributed by atoms with E-state index in [9.17, 15) is 20.4 Å². The Hall–Kier alpha value is -1.51. The molecule has 2 aromatic rings. The predicted molar refractivity (Wildman–Crippen MR) is 66.2 cm³/mol. The van der Waals surface area contributed by atoms with Crippen molar-refractivity contribution >= 4 is 11.0 Å². The fraction of sp³-hybridized carbons (Fsp3) is 0.417. The largest absolute Gasteiger partial charge is 0.394 e. The smallest absolute Gasteiger partial charge is 0.140 e. The van der Waals surface area contributed by atoms with Crippen molar-refractivity contribution in [3.63, 3.8) is 0 Å². The van der Waals surface area contributed by atoms with Gasteiger partial charge in [0, 0.05) is 0 Å². The summed E-state index contributed by atoms with van der Waals surface area (Å²) in [7, 11) is 0. The molecule has 4 atom stereocenters. The number of fused-ring (bicyclic) bond motifs is 1. The van der Waals surface area contributed by atoms with Gasteiger partial charge in [0.2, 0.25) is 0 Å². The van der Waals surface area contributed by atoms with Gasteiger partial charge in [-0.1, -0.05) is 12.1 Å². The average Bonchev–Trinajstić information content (AvgIpc) is 2.87. The number of aliphatic hydroxyl groups is 5. The molecule has 104 valence electrons. The molecular formula is C12H16N2O5. The van der Waals surface area contributed by atoms with E-state index in [2.05, 4.69) is 9.97 Å². The van der Waals surface area contributed by atoms with Crippen LogP contribution in [-0.4, -0.2) is 60.4 Å². The van der Waals surface area contributed by atoms with Crippen molar-refractivity contribution in [3.05, 3.63) is 30.1 Å². The third-order valence-corrected chi connectivity index (χ3v) is 2.94. The van der Waals surface area contributed by atoms with Gasteiger partial charge in [0.15, 0.2) is 0 Å². The number of para-hydroxylation sites is 2. The highest BCUT2D eigenvalue weighted by Crippen LogP contribution is 2.21. The van der Waals surface area contributed by atoms with Gasteiger partial charge in [-0.25, -0.2) is 4.98 Å². The van der Waals surface area contributed by atoms with E-state index in [4.69, 9.17) is 5.11 Å². The molecule has 0 saturated heterocycles. The molecule has 0 saturated carbocycles. The summed E-state index contributed by atoms with van der Waals surface area (Å²) in [5, 5.41) is 47.1. The number of rotatable bonds is 5. The second kappa shape index (κ2) is 5.64. The molecule has 0 amide bonds. The minimum absolute atomic E-state index is 0.0814. The van der Waals surface area contributed by atoms with Gasteiger partial charge >= 0.3 is 0 Å². The molecule has 0 bridgehead atoms. The maximum Gasteiger partial charge on any atom is 0.140 e. The lowest BCUT2D eigenvalue weighted by molar-refractivity contribution is -0.117. The third-order valence-electron chi connectivity index (χ3n) is 2.94. The van der Waals surface area contributed by atoms with Crippen molar-refractivity contribution in [1.82, 2.24) is 9.97 Å². The zero-order chi connectivity index (χ0) is 14.0. The predicted octanol–water partition coefficient (Wildman–Crippen LogP) is -1.33. The topological polar surface area (TPSA) is 130 Å². The van der Waals surface area contributed by atoms with Crippen LogP contribution in [0, 0.1) is 0 Å². The molecule has 0 fully saturated rings. The molecule has 7 heteroatoms. The van der Waals surface area contributed by atoms with Gasteiger partial charge in [-0.15, -0.1) is 0 Å². The first-order valence-electron chi connectivity index (χ1n) is 5.82. The summed E-state index contributed by atoms with van der Waals surface area (Å²) in [5.74, 6) is 0.0814. The Kier molecular flexibility index (Phi) is 4.13. The van der Waals surface area contributed by atoms with E-state index in [1.54, 1.807) is 24.3 Å². The van der Waals surface area contributed by atoms with Crippen LogP contribution >= 0.6 is 0 Å². The molecule has 1 heterocycles. The van der Waals surface area contributed by atoms with Gasteiger partial charge in [0.25, 0.3) is 0 Å². The van der Waals surface area contributed by atoms with Crippen molar-refractivity contribution in [1.29, 1.82) is 0 Å². The number of aromatic amines is 1. The molecular weight excluding hydrogens is 252 g/mol. The number of hydrogen-bond acceptors (Lipinski definition) is 6. The molecule has 0 radical (unpaired) electrons. The summed E-state index contributed by atoms with van der Waals surface area (Å²) in [6.07, 6.45) is -6.37. The summed E-state index contributed by atoms with van der Waals surface area (Å²) < 4.78 is 0. The van der Waals surface area contributed by atoms with Gasteiger partial charge in [0.1, 0.15) is 30.2 Å². The highest BCUT2D eigenvalue weighted by Gasteiger charge is 2.32. The maximum absolute atomic E-state index is 9.91. The molecule has 0 spiro atoms. The second-order valence-corrected chi connectivity index (χ2v) is 4.32. The quantitative estimate of drug-likeness (QED) is 0.398. The van der Waals surface area contributed by atoms with Crippen LogP contribution in [0.2, 0.25) is 0 Å². The Bertz CT molecular complexity index is 511. The number of imidazole rings is 1. The molecule has 0 aliphatic carbocycles. The van der Waals surface area contributed by atoms with E-state index in [1.807, 2.05) is 0 Å². The minimum Gasteiger partial charge on any atom is -0.394 e. The zero-order valence-electron chi connectivity index (χ0n) is 10.0. The van der Waals surface area contributed by atoms with Crippen molar-refractivity contribution < 1.29 is 25.5 Å². The molecule has 6 N–H and O–H groups in total. The Morgan fingerprint density at radius 2 is 1.74 bits per heavy atom. The Morgan fingerprint density at radius 3 is 2.37 bits per heavy atom. The summed E-state index contributed by atoms with van der Waals surface area (Å²) in [5.41, 5.74) is 1.29. The number of nitrogens with zero attached hydrogens (tertiary/aromatic N) is 1. The van der Waals surface area contributed by atoms with Crippen LogP contribution in [0.3, 0.4) is 0 Å². The number of aromatic nitrogens is 2. The molecule has 3 unspecified atom stereocenters. The first-order valence-corrected chi connectivity index (χ1v) is 5.82. The van der Waals surface area contributed by atoms with Gasteiger partial charge in [-0.3, -0.25) is 0 Å². The second-order valence-electron chi connectivity index (χ2n) is 4.32. The number of H-pyrrole nitrogens is 1. The first kappa shape index (κ1) is 13.9. The SMILES string of the molecule is OCC(O)C(O)C(O)[C@H](O)c1nc2ccccc2[nH]1. The van der Waals surface area contributed by atoms with E-state index in [1.165, 1.54) is 0 Å². The van der Waals surface area contributed by atoms with E-state index in [0.29, 0.717) is 11.0 Å². The molecule has 19 heavy (non-hydrogen) atoms. The number of nitrogens with one attached hydrogen (secondary N) is 1. The van der Waals surface area contributed by atoms with Crippen LogP contribution in [0.1, 0.15) is 11.9 Å². The standard InChI is InChI=1S/C12H16N2O5/c15-5-8(16)9(17)10(18)11(19)12-13-6-3-1-2-4-7(6)14-12/h1-4,8-11,15-19H,5H2,(H,13,14)/t8?,9?,10?,11-/m0/s1. The van der Waals surface area contributed by atoms with Crippen molar-refractivity contribution in [2.24, 2.45) is 0 Å². The van der Waals surface area contributed by atoms with Crippen LogP contribution in [0.5, 0.6) is 0 Å². The molecule has 7 nitrogen and oxygen atoms in total. The normalized spacial score (nSPS) is 18.2. The van der Waals surface area contributed by atoms with Crippen LogP contribution in [0.25, 0.3) is 11.0 Å². The van der Waals surface area contributed by atoms with Gasteiger partial charge in [-0.2, -0.15) is 0 Å². The zero-order valence-corrected chi connectivity index (χ0v) is 10.0. The van der Waals surface area contributed by atoms with Gasteiger partial charge in [-0.05, 0) is 12.1 Å².